The van der Waals surface area contributed by atoms with Crippen LogP contribution in [-0.2, 0) is 9.31 Å². The van der Waals surface area contributed by atoms with Gasteiger partial charge in [0.1, 0.15) is 0 Å². The maximum absolute atomic E-state index is 6.24. The lowest BCUT2D eigenvalue weighted by Gasteiger charge is -2.32. The Bertz CT molecular complexity index is 1320. The summed E-state index contributed by atoms with van der Waals surface area (Å²) in [6.45, 7) is 12.3. The van der Waals surface area contributed by atoms with Crippen LogP contribution in [0.5, 0.6) is 0 Å². The van der Waals surface area contributed by atoms with Crippen molar-refractivity contribution in [3.05, 3.63) is 60.2 Å². The molecule has 0 spiro atoms. The van der Waals surface area contributed by atoms with Gasteiger partial charge in [0.15, 0.2) is 0 Å². The van der Waals surface area contributed by atoms with E-state index >= 15 is 0 Å². The SMILES string of the molecule is Cc1ccc2ccc3c(-c4cncc(B5OC(C)(C)C(C)(C)O5)c4)cc(C)nc3c2n1. The van der Waals surface area contributed by atoms with Crippen LogP contribution in [0, 0.1) is 13.8 Å². The van der Waals surface area contributed by atoms with Gasteiger partial charge in [0.25, 0.3) is 0 Å². The van der Waals surface area contributed by atoms with Gasteiger partial charge in [-0.05, 0) is 59.2 Å². The number of aromatic nitrogens is 3. The number of benzene rings is 1. The molecule has 6 heteroatoms. The molecule has 5 nitrogen and oxygen atoms in total. The minimum Gasteiger partial charge on any atom is -0.399 e. The highest BCUT2D eigenvalue weighted by Crippen LogP contribution is 2.37. The van der Waals surface area contributed by atoms with E-state index in [1.165, 1.54) is 0 Å². The molecule has 4 heterocycles. The molecule has 0 radical (unpaired) electrons. The first-order valence-electron chi connectivity index (χ1n) is 10.6. The van der Waals surface area contributed by atoms with Crippen LogP contribution in [0.25, 0.3) is 32.9 Å². The molecule has 0 unspecified atom stereocenters. The zero-order valence-corrected chi connectivity index (χ0v) is 18.9. The first-order valence-corrected chi connectivity index (χ1v) is 10.6. The van der Waals surface area contributed by atoms with Gasteiger partial charge >= 0.3 is 7.12 Å². The van der Waals surface area contributed by atoms with E-state index in [-0.39, 0.29) is 0 Å². The van der Waals surface area contributed by atoms with E-state index in [9.17, 15) is 0 Å². The van der Waals surface area contributed by atoms with Crippen molar-refractivity contribution in [3.63, 3.8) is 0 Å². The van der Waals surface area contributed by atoms with Crippen LogP contribution in [-0.4, -0.2) is 33.3 Å². The smallest absolute Gasteiger partial charge is 0.399 e. The molecule has 1 aliphatic rings. The summed E-state index contributed by atoms with van der Waals surface area (Å²) in [5, 5.41) is 2.15. The summed E-state index contributed by atoms with van der Waals surface area (Å²) >= 11 is 0. The Kier molecular flexibility index (Phi) is 4.43. The van der Waals surface area contributed by atoms with E-state index in [1.54, 1.807) is 0 Å². The molecule has 0 bridgehead atoms. The maximum atomic E-state index is 6.24. The second kappa shape index (κ2) is 6.84. The van der Waals surface area contributed by atoms with Crippen molar-refractivity contribution >= 4 is 34.4 Å². The zero-order chi connectivity index (χ0) is 22.0. The first kappa shape index (κ1) is 20.1. The summed E-state index contributed by atoms with van der Waals surface area (Å²) in [7, 11) is -0.447. The molecule has 1 saturated heterocycles. The van der Waals surface area contributed by atoms with Gasteiger partial charge in [-0.3, -0.25) is 15.0 Å². The Hall–Kier alpha value is -2.83. The highest BCUT2D eigenvalue weighted by molar-refractivity contribution is 6.62. The molecule has 4 aromatic rings. The predicted molar refractivity (Wildman–Crippen MR) is 125 cm³/mol. The van der Waals surface area contributed by atoms with Gasteiger partial charge in [-0.1, -0.05) is 24.3 Å². The highest BCUT2D eigenvalue weighted by Gasteiger charge is 2.51. The van der Waals surface area contributed by atoms with Gasteiger partial charge in [-0.25, -0.2) is 0 Å². The van der Waals surface area contributed by atoms with Crippen LogP contribution < -0.4 is 5.46 Å². The van der Waals surface area contributed by atoms with Crippen LogP contribution in [0.3, 0.4) is 0 Å². The van der Waals surface area contributed by atoms with Crippen LogP contribution in [0.15, 0.2) is 48.8 Å². The molecule has 1 aliphatic heterocycles. The summed E-state index contributed by atoms with van der Waals surface area (Å²) in [6, 6.07) is 12.6. The lowest BCUT2D eigenvalue weighted by molar-refractivity contribution is 0.00578. The fourth-order valence-electron chi connectivity index (χ4n) is 4.05. The number of rotatable bonds is 2. The number of hydrogen-bond acceptors (Lipinski definition) is 5. The normalized spacial score (nSPS) is 17.5. The fourth-order valence-corrected chi connectivity index (χ4v) is 4.05. The van der Waals surface area contributed by atoms with Crippen molar-refractivity contribution < 1.29 is 9.31 Å². The van der Waals surface area contributed by atoms with Crippen molar-refractivity contribution in [3.8, 4) is 11.1 Å². The number of nitrogens with zero attached hydrogens (tertiary/aromatic N) is 3. The molecule has 3 aromatic heterocycles. The summed E-state index contributed by atoms with van der Waals surface area (Å²) in [5.74, 6) is 0. The standard InChI is InChI=1S/C25H26BN3O2/c1-15-7-8-17-9-10-20-21(11-16(2)29-23(20)22(17)28-15)18-12-19(14-27-13-18)26-30-24(3,4)25(5,6)31-26/h7-14H,1-6H3. The van der Waals surface area contributed by atoms with Crippen molar-refractivity contribution in [2.45, 2.75) is 52.7 Å². The molecule has 5 rings (SSSR count). The van der Waals surface area contributed by atoms with Crippen LogP contribution in [0.4, 0.5) is 0 Å². The summed E-state index contributed by atoms with van der Waals surface area (Å²) in [6.07, 6.45) is 3.71. The van der Waals surface area contributed by atoms with Crippen molar-refractivity contribution in [2.75, 3.05) is 0 Å². The van der Waals surface area contributed by atoms with Gasteiger partial charge in [-0.15, -0.1) is 0 Å². The largest absolute Gasteiger partial charge is 0.496 e. The maximum Gasteiger partial charge on any atom is 0.496 e. The average Bonchev–Trinajstić information content (AvgIpc) is 2.94. The fraction of sp³-hybridized carbons (Fsp3) is 0.320. The summed E-state index contributed by atoms with van der Waals surface area (Å²) in [4.78, 5) is 14.1. The molecule has 0 aliphatic carbocycles. The van der Waals surface area contributed by atoms with Gasteiger partial charge in [0, 0.05) is 45.6 Å². The molecule has 1 fully saturated rings. The van der Waals surface area contributed by atoms with Gasteiger partial charge in [0.2, 0.25) is 0 Å². The second-order valence-corrected chi connectivity index (χ2v) is 9.39. The number of aryl methyl sites for hydroxylation is 2. The molecule has 156 valence electrons. The monoisotopic (exact) mass is 411 g/mol. The van der Waals surface area contributed by atoms with Crippen molar-refractivity contribution in [1.82, 2.24) is 15.0 Å². The van der Waals surface area contributed by atoms with E-state index in [0.717, 1.165) is 49.8 Å². The van der Waals surface area contributed by atoms with E-state index in [2.05, 4.69) is 63.0 Å². The molecule has 31 heavy (non-hydrogen) atoms. The van der Waals surface area contributed by atoms with E-state index < -0.39 is 18.3 Å². The quantitative estimate of drug-likeness (QED) is 0.352. The van der Waals surface area contributed by atoms with Crippen LogP contribution in [0.1, 0.15) is 39.1 Å². The third-order valence-electron chi connectivity index (χ3n) is 6.50. The van der Waals surface area contributed by atoms with Crippen LogP contribution in [0.2, 0.25) is 0 Å². The molecule has 0 atom stereocenters. The molecule has 1 aromatic carbocycles. The summed E-state index contributed by atoms with van der Waals surface area (Å²) < 4.78 is 12.5. The molecular weight excluding hydrogens is 385 g/mol. The minimum atomic E-state index is -0.447. The Labute approximate surface area is 183 Å². The topological polar surface area (TPSA) is 57.1 Å². The average molecular weight is 411 g/mol. The Morgan fingerprint density at radius 1 is 0.774 bits per heavy atom. The minimum absolute atomic E-state index is 0.393. The third-order valence-corrected chi connectivity index (χ3v) is 6.50. The van der Waals surface area contributed by atoms with Crippen molar-refractivity contribution in [1.29, 1.82) is 0 Å². The number of pyridine rings is 3. The van der Waals surface area contributed by atoms with E-state index in [0.29, 0.717) is 0 Å². The lowest BCUT2D eigenvalue weighted by atomic mass is 9.79. The second-order valence-electron chi connectivity index (χ2n) is 9.39. The molecular formula is C25H26BN3O2. The highest BCUT2D eigenvalue weighted by atomic mass is 16.7. The Balaban J connectivity index is 1.66. The molecule has 0 N–H and O–H groups in total. The van der Waals surface area contributed by atoms with Crippen molar-refractivity contribution in [2.24, 2.45) is 0 Å². The molecule has 0 saturated carbocycles. The third kappa shape index (κ3) is 3.31. The lowest BCUT2D eigenvalue weighted by Crippen LogP contribution is -2.41. The Morgan fingerprint density at radius 2 is 1.45 bits per heavy atom. The zero-order valence-electron chi connectivity index (χ0n) is 18.9. The van der Waals surface area contributed by atoms with Gasteiger partial charge in [0.05, 0.1) is 22.2 Å². The van der Waals surface area contributed by atoms with Crippen LogP contribution >= 0.6 is 0 Å². The summed E-state index contributed by atoms with van der Waals surface area (Å²) in [5.41, 5.74) is 5.98. The predicted octanol–water partition coefficient (Wildman–Crippen LogP) is 4.76. The van der Waals surface area contributed by atoms with E-state index in [1.807, 2.05) is 32.3 Å². The van der Waals surface area contributed by atoms with E-state index in [4.69, 9.17) is 19.3 Å². The number of hydrogen-bond donors (Lipinski definition) is 0. The first-order chi connectivity index (χ1) is 14.6. The Morgan fingerprint density at radius 3 is 2.19 bits per heavy atom. The van der Waals surface area contributed by atoms with Gasteiger partial charge in [-0.2, -0.15) is 0 Å². The van der Waals surface area contributed by atoms with Gasteiger partial charge < -0.3 is 9.31 Å². The number of fused-ring (bicyclic) bond motifs is 3. The molecule has 0 amide bonds.